The minimum atomic E-state index is -1.02. The molecule has 0 amide bonds. The van der Waals surface area contributed by atoms with E-state index in [1.165, 1.54) is 6.92 Å². The van der Waals surface area contributed by atoms with Crippen molar-refractivity contribution >= 4 is 17.9 Å². The molecule has 2 N–H and O–H groups in total. The van der Waals surface area contributed by atoms with E-state index in [0.29, 0.717) is 0 Å². The van der Waals surface area contributed by atoms with E-state index in [0.717, 1.165) is 12.2 Å². The molecule has 0 spiro atoms. The van der Waals surface area contributed by atoms with Crippen LogP contribution in [0, 0.1) is 0 Å². The molecule has 0 aromatic heterocycles. The summed E-state index contributed by atoms with van der Waals surface area (Å²) in [6.45, 7) is 6.47. The van der Waals surface area contributed by atoms with Crippen molar-refractivity contribution in [3.63, 3.8) is 0 Å². The van der Waals surface area contributed by atoms with Crippen molar-refractivity contribution in [2.75, 3.05) is 6.61 Å². The summed E-state index contributed by atoms with van der Waals surface area (Å²) in [6.07, 6.45) is 1.63. The third-order valence-corrected chi connectivity index (χ3v) is 1.10. The average molecular weight is 246 g/mol. The molecule has 0 aliphatic heterocycles. The number of esters is 1. The van der Waals surface area contributed by atoms with Crippen LogP contribution >= 0.6 is 0 Å². The van der Waals surface area contributed by atoms with Gasteiger partial charge in [0.1, 0.15) is 0 Å². The number of ether oxygens (including phenoxy) is 1. The number of carboxylic acid groups (broad SMARTS) is 1. The van der Waals surface area contributed by atoms with Crippen LogP contribution in [0.4, 0.5) is 0 Å². The predicted molar refractivity (Wildman–Crippen MR) is 56.9 cm³/mol. The molecule has 0 aliphatic rings. The van der Waals surface area contributed by atoms with Crippen LogP contribution in [0.15, 0.2) is 24.3 Å². The third-order valence-electron chi connectivity index (χ3n) is 1.10. The number of aliphatic carboxylic acids is 1. The quantitative estimate of drug-likeness (QED) is 0.326. The summed E-state index contributed by atoms with van der Waals surface area (Å²) in [5.41, 5.74) is 0.176. The summed E-state index contributed by atoms with van der Waals surface area (Å²) in [6, 6.07) is 0. The Morgan fingerprint density at radius 2 is 1.65 bits per heavy atom. The van der Waals surface area contributed by atoms with Gasteiger partial charge in [0.2, 0.25) is 0 Å². The van der Waals surface area contributed by atoms with E-state index in [1.54, 1.807) is 6.92 Å². The van der Waals surface area contributed by atoms with Crippen LogP contribution in [-0.4, -0.2) is 34.9 Å². The summed E-state index contributed by atoms with van der Waals surface area (Å²) < 4.78 is 4.42. The van der Waals surface area contributed by atoms with Crippen LogP contribution in [0.2, 0.25) is 0 Å². The second-order valence-electron chi connectivity index (χ2n) is 2.58. The fraction of sp³-hybridized carbons (Fsp3) is 0.300. The lowest BCUT2D eigenvalue weighted by molar-refractivity contribution is -0.228. The van der Waals surface area contributed by atoms with E-state index in [-0.39, 0.29) is 12.2 Å². The Morgan fingerprint density at radius 1 is 1.24 bits per heavy atom. The van der Waals surface area contributed by atoms with Crippen molar-refractivity contribution in [1.82, 2.24) is 0 Å². The molecule has 0 radical (unpaired) electrons. The minimum absolute atomic E-state index is 0.176. The highest BCUT2D eigenvalue weighted by molar-refractivity contribution is 5.91. The molecule has 0 rings (SSSR count). The second kappa shape index (κ2) is 10.4. The molecule has 0 atom stereocenters. The SMILES string of the molecule is C=C(C)C(=O)O.CCOC(=O)C=CC(=O)OO. The molecule has 0 unspecified atom stereocenters. The number of carbonyl (C=O) groups is 3. The molecule has 96 valence electrons. The van der Waals surface area contributed by atoms with Crippen molar-refractivity contribution in [3.05, 3.63) is 24.3 Å². The first-order chi connectivity index (χ1) is 7.84. The number of rotatable bonds is 4. The Balaban J connectivity index is 0. The van der Waals surface area contributed by atoms with Gasteiger partial charge < -0.3 is 9.84 Å². The summed E-state index contributed by atoms with van der Waals surface area (Å²) >= 11 is 0. The Kier molecular flexibility index (Phi) is 10.5. The molecule has 0 aliphatic carbocycles. The smallest absolute Gasteiger partial charge is 0.365 e. The van der Waals surface area contributed by atoms with Crippen LogP contribution in [0.1, 0.15) is 13.8 Å². The zero-order valence-electron chi connectivity index (χ0n) is 9.50. The Bertz CT molecular complexity index is 305. The summed E-state index contributed by atoms with van der Waals surface area (Å²) in [4.78, 5) is 33.5. The number of hydrogen-bond acceptors (Lipinski definition) is 6. The molecule has 7 heteroatoms. The van der Waals surface area contributed by atoms with Gasteiger partial charge in [-0.1, -0.05) is 6.58 Å². The van der Waals surface area contributed by atoms with Gasteiger partial charge in [-0.15, -0.1) is 0 Å². The molecule has 0 heterocycles. The van der Waals surface area contributed by atoms with Gasteiger partial charge in [-0.2, -0.15) is 5.26 Å². The van der Waals surface area contributed by atoms with Gasteiger partial charge in [0, 0.05) is 17.7 Å². The normalized spacial score (nSPS) is 8.88. The van der Waals surface area contributed by atoms with Gasteiger partial charge in [-0.3, -0.25) is 4.89 Å². The van der Waals surface area contributed by atoms with Crippen LogP contribution in [0.3, 0.4) is 0 Å². The maximum Gasteiger partial charge on any atom is 0.365 e. The van der Waals surface area contributed by atoms with Gasteiger partial charge in [-0.05, 0) is 13.8 Å². The summed E-state index contributed by atoms with van der Waals surface area (Å²) in [5.74, 6) is -2.61. The predicted octanol–water partition coefficient (Wildman–Crippen LogP) is 0.769. The number of hydrogen-bond donors (Lipinski definition) is 2. The molecule has 0 aromatic carbocycles. The van der Waals surface area contributed by atoms with Gasteiger partial charge in [0.25, 0.3) is 0 Å². The van der Waals surface area contributed by atoms with Gasteiger partial charge in [-0.25, -0.2) is 14.4 Å². The fourth-order valence-electron chi connectivity index (χ4n) is 0.357. The first-order valence-electron chi connectivity index (χ1n) is 4.44. The van der Waals surface area contributed by atoms with E-state index in [4.69, 9.17) is 10.4 Å². The number of carbonyl (C=O) groups excluding carboxylic acids is 2. The van der Waals surface area contributed by atoms with Crippen LogP contribution < -0.4 is 0 Å². The molecule has 7 nitrogen and oxygen atoms in total. The second-order valence-corrected chi connectivity index (χ2v) is 2.58. The first kappa shape index (κ1) is 17.3. The van der Waals surface area contributed by atoms with Crippen molar-refractivity contribution < 1.29 is 34.4 Å². The Morgan fingerprint density at radius 3 is 1.94 bits per heavy atom. The molecule has 0 saturated heterocycles. The highest BCUT2D eigenvalue weighted by Gasteiger charge is 1.97. The van der Waals surface area contributed by atoms with E-state index in [9.17, 15) is 14.4 Å². The lowest BCUT2D eigenvalue weighted by Crippen LogP contribution is -2.02. The maximum absolute atomic E-state index is 10.5. The van der Waals surface area contributed by atoms with E-state index < -0.39 is 17.9 Å². The minimum Gasteiger partial charge on any atom is -0.478 e. The van der Waals surface area contributed by atoms with Crippen molar-refractivity contribution in [3.8, 4) is 0 Å². The average Bonchev–Trinajstić information content (AvgIpc) is 2.27. The largest absolute Gasteiger partial charge is 0.478 e. The summed E-state index contributed by atoms with van der Waals surface area (Å²) in [5, 5.41) is 15.6. The van der Waals surface area contributed by atoms with E-state index in [2.05, 4.69) is 16.2 Å². The van der Waals surface area contributed by atoms with Crippen molar-refractivity contribution in [1.29, 1.82) is 0 Å². The molecule has 0 saturated carbocycles. The zero-order valence-corrected chi connectivity index (χ0v) is 9.50. The molecule has 0 bridgehead atoms. The lowest BCUT2D eigenvalue weighted by Gasteiger charge is -1.92. The van der Waals surface area contributed by atoms with Gasteiger partial charge >= 0.3 is 17.9 Å². The van der Waals surface area contributed by atoms with Crippen LogP contribution in [-0.2, 0) is 24.0 Å². The van der Waals surface area contributed by atoms with Crippen LogP contribution in [0.5, 0.6) is 0 Å². The lowest BCUT2D eigenvalue weighted by atomic mass is 10.4. The molecular formula is C10H14O7. The van der Waals surface area contributed by atoms with E-state index >= 15 is 0 Å². The van der Waals surface area contributed by atoms with Crippen molar-refractivity contribution in [2.45, 2.75) is 13.8 Å². The van der Waals surface area contributed by atoms with Gasteiger partial charge in [0.15, 0.2) is 0 Å². The third kappa shape index (κ3) is 13.9. The Hall–Kier alpha value is -2.15. The standard InChI is InChI=1S/C6H8O5.C4H6O2/c1-2-10-5(7)3-4-6(8)11-9;1-3(2)4(5)6/h3-4,9H,2H2,1H3;1H2,2H3,(H,5,6). The molecule has 17 heavy (non-hydrogen) atoms. The molecule has 0 aromatic rings. The van der Waals surface area contributed by atoms with Crippen LogP contribution in [0.25, 0.3) is 0 Å². The molecule has 0 fully saturated rings. The topological polar surface area (TPSA) is 110 Å². The van der Waals surface area contributed by atoms with Gasteiger partial charge in [0.05, 0.1) is 6.61 Å². The Labute approximate surface area is 97.9 Å². The fourth-order valence-corrected chi connectivity index (χ4v) is 0.357. The first-order valence-corrected chi connectivity index (χ1v) is 4.44. The monoisotopic (exact) mass is 246 g/mol. The highest BCUT2D eigenvalue weighted by Crippen LogP contribution is 1.82. The highest BCUT2D eigenvalue weighted by atomic mass is 17.1. The van der Waals surface area contributed by atoms with Crippen molar-refractivity contribution in [2.24, 2.45) is 0 Å². The van der Waals surface area contributed by atoms with E-state index in [1.807, 2.05) is 0 Å². The zero-order chi connectivity index (χ0) is 13.8. The maximum atomic E-state index is 10.5. The summed E-state index contributed by atoms with van der Waals surface area (Å²) in [7, 11) is 0. The molecular weight excluding hydrogens is 232 g/mol. The number of carboxylic acids is 1.